The van der Waals surface area contributed by atoms with Crippen LogP contribution >= 0.6 is 23.5 Å². The number of hydrogen-bond donors (Lipinski definition) is 0. The standard InChI is InChI=1S/C20H20FNO3S2/c1-13-11-15(20(24)25-9-10-26-2)5-8-17(13)22-18(23)12-27-19(22)14-3-6-16(21)7-4-14/h3-8,11,19H,9-10,12H2,1-2H3. The zero-order valence-electron chi connectivity index (χ0n) is 15.1. The predicted molar refractivity (Wildman–Crippen MR) is 109 cm³/mol. The Kier molecular flexibility index (Phi) is 6.44. The van der Waals surface area contributed by atoms with E-state index in [0.29, 0.717) is 17.9 Å². The third kappa shape index (κ3) is 4.47. The first-order valence-corrected chi connectivity index (χ1v) is 10.9. The van der Waals surface area contributed by atoms with E-state index >= 15 is 0 Å². The number of amides is 1. The second-order valence-electron chi connectivity index (χ2n) is 6.11. The van der Waals surface area contributed by atoms with Gasteiger partial charge >= 0.3 is 5.97 Å². The number of esters is 1. The number of rotatable bonds is 6. The Morgan fingerprint density at radius 2 is 2.04 bits per heavy atom. The molecule has 0 aromatic heterocycles. The Balaban J connectivity index is 1.84. The molecule has 0 radical (unpaired) electrons. The highest BCUT2D eigenvalue weighted by Crippen LogP contribution is 2.42. The number of thioether (sulfide) groups is 2. The van der Waals surface area contributed by atoms with Crippen LogP contribution in [0, 0.1) is 12.7 Å². The van der Waals surface area contributed by atoms with Gasteiger partial charge in [-0.1, -0.05) is 12.1 Å². The van der Waals surface area contributed by atoms with Crippen molar-refractivity contribution in [2.75, 3.05) is 29.3 Å². The van der Waals surface area contributed by atoms with Crippen molar-refractivity contribution in [3.63, 3.8) is 0 Å². The molecule has 1 saturated heterocycles. The van der Waals surface area contributed by atoms with Crippen molar-refractivity contribution in [1.29, 1.82) is 0 Å². The van der Waals surface area contributed by atoms with Crippen LogP contribution in [-0.2, 0) is 9.53 Å². The van der Waals surface area contributed by atoms with E-state index in [-0.39, 0.29) is 23.1 Å². The van der Waals surface area contributed by atoms with E-state index < -0.39 is 0 Å². The molecule has 0 bridgehead atoms. The monoisotopic (exact) mass is 405 g/mol. The molecule has 1 aliphatic rings. The lowest BCUT2D eigenvalue weighted by molar-refractivity contribution is -0.115. The molecule has 1 heterocycles. The topological polar surface area (TPSA) is 46.6 Å². The summed E-state index contributed by atoms with van der Waals surface area (Å²) in [7, 11) is 0. The molecule has 3 rings (SSSR count). The first kappa shape index (κ1) is 19.8. The minimum absolute atomic E-state index is 0.00674. The van der Waals surface area contributed by atoms with Crippen LogP contribution in [0.5, 0.6) is 0 Å². The second-order valence-corrected chi connectivity index (χ2v) is 8.16. The Morgan fingerprint density at radius 1 is 1.30 bits per heavy atom. The van der Waals surface area contributed by atoms with Crippen molar-refractivity contribution in [2.45, 2.75) is 12.3 Å². The summed E-state index contributed by atoms with van der Waals surface area (Å²) in [6.45, 7) is 2.24. The Bertz CT molecular complexity index is 842. The summed E-state index contributed by atoms with van der Waals surface area (Å²) in [4.78, 5) is 26.4. The van der Waals surface area contributed by atoms with Gasteiger partial charge in [-0.25, -0.2) is 9.18 Å². The minimum Gasteiger partial charge on any atom is -0.461 e. The number of benzene rings is 2. The third-order valence-corrected chi connectivity index (χ3v) is 6.02. The van der Waals surface area contributed by atoms with Crippen LogP contribution in [0.1, 0.15) is 26.9 Å². The third-order valence-electron chi connectivity index (χ3n) is 4.24. The van der Waals surface area contributed by atoms with Gasteiger partial charge in [0.05, 0.1) is 11.3 Å². The second kappa shape index (κ2) is 8.80. The lowest BCUT2D eigenvalue weighted by atomic mass is 10.1. The van der Waals surface area contributed by atoms with Gasteiger partial charge in [-0.15, -0.1) is 11.8 Å². The first-order chi connectivity index (χ1) is 13.0. The van der Waals surface area contributed by atoms with E-state index in [0.717, 1.165) is 22.6 Å². The van der Waals surface area contributed by atoms with Crippen LogP contribution in [0.3, 0.4) is 0 Å². The van der Waals surface area contributed by atoms with Gasteiger partial charge in [0.2, 0.25) is 5.91 Å². The molecule has 2 aromatic rings. The molecule has 27 heavy (non-hydrogen) atoms. The predicted octanol–water partition coefficient (Wildman–Crippen LogP) is 4.43. The molecule has 0 spiro atoms. The number of carbonyl (C=O) groups excluding carboxylic acids is 2. The number of nitrogens with zero attached hydrogens (tertiary/aromatic N) is 1. The van der Waals surface area contributed by atoms with Crippen molar-refractivity contribution in [2.24, 2.45) is 0 Å². The largest absolute Gasteiger partial charge is 0.461 e. The summed E-state index contributed by atoms with van der Waals surface area (Å²) in [6, 6.07) is 11.4. The van der Waals surface area contributed by atoms with Gasteiger partial charge in [-0.05, 0) is 54.6 Å². The molecule has 0 saturated carbocycles. The molecule has 142 valence electrons. The van der Waals surface area contributed by atoms with E-state index in [9.17, 15) is 14.0 Å². The summed E-state index contributed by atoms with van der Waals surface area (Å²) in [5.74, 6) is 0.436. The molecule has 1 aliphatic heterocycles. The van der Waals surface area contributed by atoms with Crippen molar-refractivity contribution < 1.29 is 18.7 Å². The maximum atomic E-state index is 13.2. The van der Waals surface area contributed by atoms with Gasteiger partial charge in [-0.3, -0.25) is 9.69 Å². The van der Waals surface area contributed by atoms with Crippen molar-refractivity contribution >= 4 is 41.1 Å². The number of halogens is 1. The van der Waals surface area contributed by atoms with Crippen LogP contribution in [0.15, 0.2) is 42.5 Å². The average Bonchev–Trinajstić information content (AvgIpc) is 3.03. The van der Waals surface area contributed by atoms with Crippen molar-refractivity contribution in [1.82, 2.24) is 0 Å². The van der Waals surface area contributed by atoms with Gasteiger partial charge in [-0.2, -0.15) is 11.8 Å². The minimum atomic E-state index is -0.365. The van der Waals surface area contributed by atoms with Crippen molar-refractivity contribution in [3.05, 3.63) is 65.0 Å². The van der Waals surface area contributed by atoms with E-state index in [2.05, 4.69) is 0 Å². The maximum Gasteiger partial charge on any atom is 0.338 e. The Morgan fingerprint density at radius 3 is 2.70 bits per heavy atom. The van der Waals surface area contributed by atoms with Gasteiger partial charge in [0, 0.05) is 11.4 Å². The fourth-order valence-corrected chi connectivity index (χ4v) is 4.33. The van der Waals surface area contributed by atoms with Gasteiger partial charge in [0.15, 0.2) is 0 Å². The molecular formula is C20H20FNO3S2. The molecule has 2 aromatic carbocycles. The Hall–Kier alpha value is -1.99. The van der Waals surface area contributed by atoms with Crippen molar-refractivity contribution in [3.8, 4) is 0 Å². The number of ether oxygens (including phenoxy) is 1. The van der Waals surface area contributed by atoms with E-state index in [4.69, 9.17) is 4.74 Å². The zero-order chi connectivity index (χ0) is 19.4. The molecule has 1 atom stereocenters. The normalized spacial score (nSPS) is 16.6. The quantitative estimate of drug-likeness (QED) is 0.525. The summed E-state index contributed by atoms with van der Waals surface area (Å²) >= 11 is 3.12. The fourth-order valence-electron chi connectivity index (χ4n) is 2.91. The fraction of sp³-hybridized carbons (Fsp3) is 0.300. The van der Waals surface area contributed by atoms with Crippen LogP contribution in [0.25, 0.3) is 0 Å². The highest BCUT2D eigenvalue weighted by atomic mass is 32.2. The van der Waals surface area contributed by atoms with Gasteiger partial charge in [0.25, 0.3) is 0 Å². The molecular weight excluding hydrogens is 385 g/mol. The number of aryl methyl sites for hydroxylation is 1. The van der Waals surface area contributed by atoms with Crippen LogP contribution in [-0.4, -0.2) is 36.2 Å². The highest BCUT2D eigenvalue weighted by molar-refractivity contribution is 8.00. The van der Waals surface area contributed by atoms with Gasteiger partial charge in [0.1, 0.15) is 17.8 Å². The van der Waals surface area contributed by atoms with Crippen LogP contribution < -0.4 is 4.90 Å². The van der Waals surface area contributed by atoms with Crippen LogP contribution in [0.4, 0.5) is 10.1 Å². The molecule has 0 aliphatic carbocycles. The lowest BCUT2D eigenvalue weighted by Gasteiger charge is -2.26. The molecule has 1 amide bonds. The van der Waals surface area contributed by atoms with E-state index in [1.165, 1.54) is 23.9 Å². The zero-order valence-corrected chi connectivity index (χ0v) is 16.7. The molecule has 1 fully saturated rings. The molecule has 4 nitrogen and oxygen atoms in total. The maximum absolute atomic E-state index is 13.2. The highest BCUT2D eigenvalue weighted by Gasteiger charge is 2.34. The smallest absolute Gasteiger partial charge is 0.338 e. The molecule has 7 heteroatoms. The number of hydrogen-bond acceptors (Lipinski definition) is 5. The number of anilines is 1. The summed E-state index contributed by atoms with van der Waals surface area (Å²) in [5.41, 5.74) is 2.90. The molecule has 1 unspecified atom stereocenters. The SMILES string of the molecule is CSCCOC(=O)c1ccc(N2C(=O)CSC2c2ccc(F)cc2)c(C)c1. The van der Waals surface area contributed by atoms with E-state index in [1.807, 2.05) is 13.2 Å². The number of carbonyl (C=O) groups is 2. The molecule has 0 N–H and O–H groups in total. The van der Waals surface area contributed by atoms with Crippen LogP contribution in [0.2, 0.25) is 0 Å². The van der Waals surface area contributed by atoms with E-state index in [1.54, 1.807) is 47.0 Å². The Labute approximate surface area is 166 Å². The lowest BCUT2D eigenvalue weighted by Crippen LogP contribution is -2.28. The summed E-state index contributed by atoms with van der Waals surface area (Å²) < 4.78 is 18.5. The summed E-state index contributed by atoms with van der Waals surface area (Å²) in [5, 5.41) is -0.212. The van der Waals surface area contributed by atoms with Gasteiger partial charge < -0.3 is 4.74 Å². The average molecular weight is 406 g/mol. The summed E-state index contributed by atoms with van der Waals surface area (Å²) in [6.07, 6.45) is 1.95. The first-order valence-electron chi connectivity index (χ1n) is 8.47.